The number of hydrogen-bond donors (Lipinski definition) is 1. The van der Waals surface area contributed by atoms with Crippen molar-refractivity contribution < 1.29 is 0 Å². The number of rotatable bonds is 3. The van der Waals surface area contributed by atoms with Crippen LogP contribution < -0.4 is 5.32 Å². The van der Waals surface area contributed by atoms with Gasteiger partial charge < -0.3 is 5.32 Å². The number of benzene rings is 1. The van der Waals surface area contributed by atoms with Crippen molar-refractivity contribution in [2.24, 2.45) is 0 Å². The van der Waals surface area contributed by atoms with Crippen LogP contribution in [0.5, 0.6) is 0 Å². The number of anilines is 2. The Bertz CT molecular complexity index is 767. The van der Waals surface area contributed by atoms with Crippen LogP contribution in [0.1, 0.15) is 17.6 Å². The summed E-state index contributed by atoms with van der Waals surface area (Å²) >= 11 is 7.89. The van der Waals surface area contributed by atoms with E-state index in [2.05, 4.69) is 35.2 Å². The number of aromatic nitrogens is 2. The third kappa shape index (κ3) is 2.49. The van der Waals surface area contributed by atoms with Gasteiger partial charge in [-0.1, -0.05) is 30.7 Å². The molecule has 0 aliphatic carbocycles. The van der Waals surface area contributed by atoms with E-state index < -0.39 is 0 Å². The molecule has 5 heteroatoms. The van der Waals surface area contributed by atoms with Crippen LogP contribution >= 0.6 is 22.9 Å². The van der Waals surface area contributed by atoms with E-state index in [-0.39, 0.29) is 0 Å². The Labute approximate surface area is 126 Å². The van der Waals surface area contributed by atoms with Crippen LogP contribution in [-0.2, 0) is 6.42 Å². The number of nitrogens with zero attached hydrogens (tertiary/aromatic N) is 2. The topological polar surface area (TPSA) is 37.8 Å². The highest BCUT2D eigenvalue weighted by molar-refractivity contribution is 7.18. The van der Waals surface area contributed by atoms with Crippen molar-refractivity contribution in [3.8, 4) is 0 Å². The predicted molar refractivity (Wildman–Crippen MR) is 86.3 cm³/mol. The van der Waals surface area contributed by atoms with E-state index >= 15 is 0 Å². The van der Waals surface area contributed by atoms with Gasteiger partial charge in [-0.05, 0) is 25.1 Å². The van der Waals surface area contributed by atoms with E-state index in [4.69, 9.17) is 11.6 Å². The van der Waals surface area contributed by atoms with Crippen LogP contribution in [-0.4, -0.2) is 9.97 Å². The first-order valence-electron chi connectivity index (χ1n) is 6.46. The van der Waals surface area contributed by atoms with Crippen molar-refractivity contribution in [2.45, 2.75) is 20.3 Å². The molecule has 0 bridgehead atoms. The predicted octanol–water partition coefficient (Wildman–Crippen LogP) is 4.96. The molecule has 0 saturated carbocycles. The van der Waals surface area contributed by atoms with Crippen molar-refractivity contribution >= 4 is 44.7 Å². The van der Waals surface area contributed by atoms with E-state index in [1.165, 1.54) is 4.88 Å². The summed E-state index contributed by atoms with van der Waals surface area (Å²) < 4.78 is 0. The molecule has 20 heavy (non-hydrogen) atoms. The minimum absolute atomic E-state index is 0.685. The Morgan fingerprint density at radius 3 is 2.80 bits per heavy atom. The van der Waals surface area contributed by atoms with Crippen LogP contribution in [0.2, 0.25) is 5.02 Å². The number of thiophene rings is 1. The van der Waals surface area contributed by atoms with Gasteiger partial charge in [0.15, 0.2) is 0 Å². The highest BCUT2D eigenvalue weighted by Gasteiger charge is 2.11. The molecule has 0 fully saturated rings. The number of halogens is 1. The van der Waals surface area contributed by atoms with E-state index in [0.29, 0.717) is 5.02 Å². The normalized spacial score (nSPS) is 10.9. The quantitative estimate of drug-likeness (QED) is 0.743. The monoisotopic (exact) mass is 303 g/mol. The van der Waals surface area contributed by atoms with Crippen LogP contribution in [0.3, 0.4) is 0 Å². The zero-order chi connectivity index (χ0) is 14.1. The Balaban J connectivity index is 2.12. The SMILES string of the molecule is CCc1nc(Nc2ccccc2Cl)c2cc(C)sc2n1. The van der Waals surface area contributed by atoms with Crippen LogP contribution in [0.15, 0.2) is 30.3 Å². The maximum absolute atomic E-state index is 6.20. The highest BCUT2D eigenvalue weighted by atomic mass is 35.5. The van der Waals surface area contributed by atoms with Gasteiger partial charge in [-0.3, -0.25) is 0 Å². The molecule has 1 N–H and O–H groups in total. The molecule has 102 valence electrons. The van der Waals surface area contributed by atoms with E-state index in [0.717, 1.165) is 34.0 Å². The molecule has 3 aromatic rings. The van der Waals surface area contributed by atoms with Crippen molar-refractivity contribution in [1.82, 2.24) is 9.97 Å². The van der Waals surface area contributed by atoms with Gasteiger partial charge in [0.1, 0.15) is 16.5 Å². The lowest BCUT2D eigenvalue weighted by molar-refractivity contribution is 0.967. The molecular weight excluding hydrogens is 290 g/mol. The second kappa shape index (κ2) is 5.38. The van der Waals surface area contributed by atoms with Crippen LogP contribution in [0.4, 0.5) is 11.5 Å². The molecule has 2 aromatic heterocycles. The zero-order valence-corrected chi connectivity index (χ0v) is 12.8. The molecule has 0 atom stereocenters. The van der Waals surface area contributed by atoms with E-state index in [1.54, 1.807) is 11.3 Å². The summed E-state index contributed by atoms with van der Waals surface area (Å²) in [5, 5.41) is 5.06. The maximum Gasteiger partial charge on any atom is 0.142 e. The summed E-state index contributed by atoms with van der Waals surface area (Å²) in [6, 6.07) is 9.78. The van der Waals surface area contributed by atoms with E-state index in [1.807, 2.05) is 24.3 Å². The van der Waals surface area contributed by atoms with Gasteiger partial charge in [-0.15, -0.1) is 11.3 Å². The van der Waals surface area contributed by atoms with Gasteiger partial charge in [-0.25, -0.2) is 9.97 Å². The third-order valence-corrected chi connectivity index (χ3v) is 4.28. The summed E-state index contributed by atoms with van der Waals surface area (Å²) in [5.41, 5.74) is 0.861. The molecule has 0 spiro atoms. The number of para-hydroxylation sites is 1. The fourth-order valence-electron chi connectivity index (χ4n) is 2.03. The highest BCUT2D eigenvalue weighted by Crippen LogP contribution is 2.32. The van der Waals surface area contributed by atoms with Gasteiger partial charge in [-0.2, -0.15) is 0 Å². The summed E-state index contributed by atoms with van der Waals surface area (Å²) in [7, 11) is 0. The first-order chi connectivity index (χ1) is 9.67. The molecular formula is C15H14ClN3S. The lowest BCUT2D eigenvalue weighted by Gasteiger charge is -2.09. The first-order valence-corrected chi connectivity index (χ1v) is 7.65. The molecule has 0 radical (unpaired) electrons. The smallest absolute Gasteiger partial charge is 0.142 e. The fourth-order valence-corrected chi connectivity index (χ4v) is 3.11. The minimum atomic E-state index is 0.685. The Morgan fingerprint density at radius 1 is 1.25 bits per heavy atom. The van der Waals surface area contributed by atoms with E-state index in [9.17, 15) is 0 Å². The molecule has 2 heterocycles. The van der Waals surface area contributed by atoms with Gasteiger partial charge in [0.25, 0.3) is 0 Å². The van der Waals surface area contributed by atoms with Gasteiger partial charge >= 0.3 is 0 Å². The standard InChI is InChI=1S/C15H14ClN3S/c1-3-13-18-14(10-8-9(2)20-15(10)19-13)17-12-7-5-4-6-11(12)16/h4-8H,3H2,1-2H3,(H,17,18,19). The van der Waals surface area contributed by atoms with Crippen LogP contribution in [0.25, 0.3) is 10.2 Å². The Hall–Kier alpha value is -1.65. The molecule has 0 saturated heterocycles. The number of hydrogen-bond acceptors (Lipinski definition) is 4. The third-order valence-electron chi connectivity index (χ3n) is 3.01. The van der Waals surface area contributed by atoms with Crippen molar-refractivity contribution in [2.75, 3.05) is 5.32 Å². The zero-order valence-electron chi connectivity index (χ0n) is 11.3. The molecule has 0 amide bonds. The van der Waals surface area contributed by atoms with Crippen LogP contribution in [0, 0.1) is 6.92 Å². The van der Waals surface area contributed by atoms with Crippen molar-refractivity contribution in [3.05, 3.63) is 46.1 Å². The Morgan fingerprint density at radius 2 is 2.05 bits per heavy atom. The number of aryl methyl sites for hydroxylation is 2. The molecule has 0 aliphatic rings. The van der Waals surface area contributed by atoms with Gasteiger partial charge in [0.05, 0.1) is 16.1 Å². The first kappa shape index (κ1) is 13.3. The lowest BCUT2D eigenvalue weighted by atomic mass is 10.3. The second-order valence-corrected chi connectivity index (χ2v) is 6.16. The summed E-state index contributed by atoms with van der Waals surface area (Å²) in [4.78, 5) is 11.4. The van der Waals surface area contributed by atoms with Crippen molar-refractivity contribution in [1.29, 1.82) is 0 Å². The Kier molecular flexibility index (Phi) is 3.59. The molecule has 3 nitrogen and oxygen atoms in total. The van der Waals surface area contributed by atoms with Gasteiger partial charge in [0.2, 0.25) is 0 Å². The average molecular weight is 304 g/mol. The fraction of sp³-hybridized carbons (Fsp3) is 0.200. The summed E-state index contributed by atoms with van der Waals surface area (Å²) in [6.45, 7) is 4.14. The summed E-state index contributed by atoms with van der Waals surface area (Å²) in [6.07, 6.45) is 0.810. The average Bonchev–Trinajstić information content (AvgIpc) is 2.81. The molecule has 0 unspecified atom stereocenters. The molecule has 1 aromatic carbocycles. The largest absolute Gasteiger partial charge is 0.338 e. The number of nitrogens with one attached hydrogen (secondary N) is 1. The minimum Gasteiger partial charge on any atom is -0.338 e. The van der Waals surface area contributed by atoms with Gasteiger partial charge in [0, 0.05) is 11.3 Å². The maximum atomic E-state index is 6.20. The number of fused-ring (bicyclic) bond motifs is 1. The van der Waals surface area contributed by atoms with Crippen molar-refractivity contribution in [3.63, 3.8) is 0 Å². The molecule has 0 aliphatic heterocycles. The molecule has 3 rings (SSSR count). The second-order valence-electron chi connectivity index (χ2n) is 4.52. The summed E-state index contributed by atoms with van der Waals surface area (Å²) in [5.74, 6) is 1.67. The lowest BCUT2D eigenvalue weighted by Crippen LogP contribution is -2.00.